The fraction of sp³-hybridized carbons (Fsp3) is 0.357. The first-order valence-electron chi connectivity index (χ1n) is 12.9. The summed E-state index contributed by atoms with van der Waals surface area (Å²) in [5, 5.41) is 9.17. The lowest BCUT2D eigenvalue weighted by Gasteiger charge is -2.20. The average molecular weight is 605 g/mol. The highest BCUT2D eigenvalue weighted by Gasteiger charge is 2.22. The van der Waals surface area contributed by atoms with Gasteiger partial charge in [-0.25, -0.2) is 14.8 Å². The molecule has 0 aliphatic carbocycles. The van der Waals surface area contributed by atoms with Gasteiger partial charge in [0.2, 0.25) is 5.91 Å². The number of hydrogen-bond donors (Lipinski definition) is 3. The lowest BCUT2D eigenvalue weighted by molar-refractivity contribution is -0.116. The highest BCUT2D eigenvalue weighted by atomic mass is 35.5. The van der Waals surface area contributed by atoms with Crippen LogP contribution in [0.3, 0.4) is 0 Å². The summed E-state index contributed by atoms with van der Waals surface area (Å²) in [6.45, 7) is 2.82. The molecule has 0 aliphatic heterocycles. The number of nitrogens with one attached hydrogen (secondary N) is 3. The van der Waals surface area contributed by atoms with Crippen molar-refractivity contribution in [2.45, 2.75) is 26.2 Å². The fourth-order valence-electron chi connectivity index (χ4n) is 3.78. The van der Waals surface area contributed by atoms with Gasteiger partial charge in [0.05, 0.1) is 31.3 Å². The third kappa shape index (κ3) is 8.35. The Bertz CT molecular complexity index is 1360. The van der Waals surface area contributed by atoms with Crippen LogP contribution in [0.2, 0.25) is 10.0 Å². The highest BCUT2D eigenvalue weighted by Crippen LogP contribution is 2.44. The van der Waals surface area contributed by atoms with Crippen molar-refractivity contribution in [2.75, 3.05) is 62.8 Å². The van der Waals surface area contributed by atoms with Gasteiger partial charge in [0.25, 0.3) is 0 Å². The molecule has 41 heavy (non-hydrogen) atoms. The summed E-state index contributed by atoms with van der Waals surface area (Å²) in [5.41, 5.74) is 2.52. The van der Waals surface area contributed by atoms with E-state index in [1.165, 1.54) is 31.5 Å². The third-order valence-corrected chi connectivity index (χ3v) is 6.80. The number of urea groups is 1. The Kier molecular flexibility index (Phi) is 11.4. The standard InChI is InChI=1S/C28H35Cl2N7O4/c1-7-8-24(38)34-18-10-9-17(11-12-36(2)3)13-19(18)33-22-15-23(32-16-31-22)37(4)28(39)35-27-25(29)20(40-5)14-21(41-6)26(27)30/h9-10,13-16H,7-8,11-12H2,1-6H3,(H,34,38)(H,35,39)(H,31,32,33). The molecule has 0 unspecified atom stereocenters. The Balaban J connectivity index is 1.86. The zero-order chi connectivity index (χ0) is 30.1. The van der Waals surface area contributed by atoms with Crippen molar-refractivity contribution >= 4 is 63.8 Å². The number of amides is 3. The van der Waals surface area contributed by atoms with Crippen molar-refractivity contribution in [3.8, 4) is 11.5 Å². The lowest BCUT2D eigenvalue weighted by atomic mass is 10.1. The van der Waals surface area contributed by atoms with Crippen LogP contribution in [0.4, 0.5) is 33.5 Å². The molecular formula is C28H35Cl2N7O4. The van der Waals surface area contributed by atoms with Crippen molar-refractivity contribution < 1.29 is 19.1 Å². The number of benzene rings is 2. The number of aromatic nitrogens is 2. The van der Waals surface area contributed by atoms with Crippen LogP contribution in [0.1, 0.15) is 25.3 Å². The van der Waals surface area contributed by atoms with Crippen LogP contribution in [0.5, 0.6) is 11.5 Å². The first-order valence-corrected chi connectivity index (χ1v) is 13.6. The molecule has 3 amide bonds. The minimum atomic E-state index is -0.563. The summed E-state index contributed by atoms with van der Waals surface area (Å²) in [7, 11) is 8.46. The molecule has 2 aromatic carbocycles. The number of carbonyl (C=O) groups excluding carboxylic acids is 2. The van der Waals surface area contributed by atoms with Crippen LogP contribution >= 0.6 is 23.2 Å². The quantitative estimate of drug-likeness (QED) is 0.228. The molecule has 0 radical (unpaired) electrons. The Morgan fingerprint density at radius 2 is 1.61 bits per heavy atom. The third-order valence-electron chi connectivity index (χ3n) is 6.05. The predicted octanol–water partition coefficient (Wildman–Crippen LogP) is 6.06. The number of likely N-dealkylation sites (N-methyl/N-ethyl adjacent to an activating group) is 1. The minimum absolute atomic E-state index is 0.0807. The number of halogens is 2. The van der Waals surface area contributed by atoms with Gasteiger partial charge in [0.1, 0.15) is 39.5 Å². The van der Waals surface area contributed by atoms with Crippen molar-refractivity contribution in [2.24, 2.45) is 0 Å². The Morgan fingerprint density at radius 1 is 0.927 bits per heavy atom. The predicted molar refractivity (Wildman–Crippen MR) is 165 cm³/mol. The maximum atomic E-state index is 13.2. The first-order chi connectivity index (χ1) is 19.6. The molecule has 0 saturated carbocycles. The van der Waals surface area contributed by atoms with E-state index in [1.807, 2.05) is 39.2 Å². The van der Waals surface area contributed by atoms with Crippen molar-refractivity contribution in [3.63, 3.8) is 0 Å². The summed E-state index contributed by atoms with van der Waals surface area (Å²) in [6, 6.07) is 8.41. The number of rotatable bonds is 12. The van der Waals surface area contributed by atoms with Gasteiger partial charge >= 0.3 is 6.03 Å². The molecule has 0 bridgehead atoms. The van der Waals surface area contributed by atoms with Crippen LogP contribution in [0.25, 0.3) is 0 Å². The van der Waals surface area contributed by atoms with E-state index in [4.69, 9.17) is 32.7 Å². The van der Waals surface area contributed by atoms with Crippen LogP contribution in [-0.2, 0) is 11.2 Å². The molecule has 13 heteroatoms. The molecule has 1 aromatic heterocycles. The van der Waals surface area contributed by atoms with E-state index in [9.17, 15) is 9.59 Å². The van der Waals surface area contributed by atoms with Gasteiger partial charge in [-0.15, -0.1) is 0 Å². The Hall–Kier alpha value is -3.80. The second-order valence-electron chi connectivity index (χ2n) is 9.39. The van der Waals surface area contributed by atoms with E-state index >= 15 is 0 Å². The largest absolute Gasteiger partial charge is 0.495 e. The van der Waals surface area contributed by atoms with E-state index in [0.717, 1.165) is 24.9 Å². The molecule has 3 rings (SSSR count). The molecule has 0 saturated heterocycles. The number of hydrogen-bond acceptors (Lipinski definition) is 8. The number of nitrogens with zero attached hydrogens (tertiary/aromatic N) is 4. The SMILES string of the molecule is CCCC(=O)Nc1ccc(CCN(C)C)cc1Nc1cc(N(C)C(=O)Nc2c(Cl)c(OC)cc(OC)c2Cl)ncn1. The molecule has 0 aliphatic rings. The zero-order valence-electron chi connectivity index (χ0n) is 24.0. The Labute approximate surface area is 250 Å². The van der Waals surface area contributed by atoms with Crippen LogP contribution in [0, 0.1) is 0 Å². The maximum Gasteiger partial charge on any atom is 0.327 e. The summed E-state index contributed by atoms with van der Waals surface area (Å²) >= 11 is 12.8. The molecule has 11 nitrogen and oxygen atoms in total. The zero-order valence-corrected chi connectivity index (χ0v) is 25.5. The second-order valence-corrected chi connectivity index (χ2v) is 10.1. The summed E-state index contributed by atoms with van der Waals surface area (Å²) < 4.78 is 10.5. The summed E-state index contributed by atoms with van der Waals surface area (Å²) in [4.78, 5) is 37.5. The molecule has 0 spiro atoms. The molecule has 3 N–H and O–H groups in total. The average Bonchev–Trinajstić information content (AvgIpc) is 2.95. The number of methoxy groups -OCH3 is 2. The monoisotopic (exact) mass is 603 g/mol. The molecule has 1 heterocycles. The number of ether oxygens (including phenoxy) is 2. The fourth-order valence-corrected chi connectivity index (χ4v) is 4.37. The van der Waals surface area contributed by atoms with Gasteiger partial charge in [-0.2, -0.15) is 0 Å². The van der Waals surface area contributed by atoms with Crippen molar-refractivity contribution in [3.05, 3.63) is 52.3 Å². The molecule has 0 fully saturated rings. The van der Waals surface area contributed by atoms with E-state index in [-0.39, 0.29) is 33.1 Å². The van der Waals surface area contributed by atoms with Crippen LogP contribution in [-0.4, -0.2) is 68.7 Å². The topological polar surface area (TPSA) is 121 Å². The first kappa shape index (κ1) is 31.7. The van der Waals surface area contributed by atoms with Gasteiger partial charge < -0.3 is 30.3 Å². The molecule has 3 aromatic rings. The van der Waals surface area contributed by atoms with Crippen molar-refractivity contribution in [1.29, 1.82) is 0 Å². The molecular weight excluding hydrogens is 569 g/mol. The number of anilines is 5. The smallest absolute Gasteiger partial charge is 0.327 e. The minimum Gasteiger partial charge on any atom is -0.495 e. The number of carbonyl (C=O) groups is 2. The second kappa shape index (κ2) is 14.7. The normalized spacial score (nSPS) is 10.8. The Morgan fingerprint density at radius 3 is 2.22 bits per heavy atom. The highest BCUT2D eigenvalue weighted by molar-refractivity contribution is 6.41. The van der Waals surface area contributed by atoms with Crippen molar-refractivity contribution in [1.82, 2.24) is 14.9 Å². The summed E-state index contributed by atoms with van der Waals surface area (Å²) in [5.74, 6) is 1.21. The molecule has 220 valence electrons. The van der Waals surface area contributed by atoms with Crippen LogP contribution in [0.15, 0.2) is 36.7 Å². The van der Waals surface area contributed by atoms with Gasteiger partial charge in [0.15, 0.2) is 0 Å². The van der Waals surface area contributed by atoms with E-state index in [1.54, 1.807) is 13.1 Å². The van der Waals surface area contributed by atoms with Crippen LogP contribution < -0.4 is 30.3 Å². The van der Waals surface area contributed by atoms with Gasteiger partial charge in [-0.3, -0.25) is 9.69 Å². The van der Waals surface area contributed by atoms with Gasteiger partial charge in [-0.1, -0.05) is 36.2 Å². The maximum absolute atomic E-state index is 13.2. The van der Waals surface area contributed by atoms with E-state index < -0.39 is 6.03 Å². The van der Waals surface area contributed by atoms with E-state index in [0.29, 0.717) is 29.4 Å². The van der Waals surface area contributed by atoms with Gasteiger partial charge in [0, 0.05) is 32.1 Å². The molecule has 0 atom stereocenters. The lowest BCUT2D eigenvalue weighted by Crippen LogP contribution is -2.32. The van der Waals surface area contributed by atoms with Gasteiger partial charge in [-0.05, 0) is 44.6 Å². The summed E-state index contributed by atoms with van der Waals surface area (Å²) in [6.07, 6.45) is 3.30. The van der Waals surface area contributed by atoms with E-state index in [2.05, 4.69) is 30.8 Å².